The van der Waals surface area contributed by atoms with E-state index in [1.165, 1.54) is 17.0 Å². The number of nitrogens with one attached hydrogen (secondary N) is 1. The van der Waals surface area contributed by atoms with Crippen molar-refractivity contribution in [1.29, 1.82) is 0 Å². The summed E-state index contributed by atoms with van der Waals surface area (Å²) in [5, 5.41) is 0. The summed E-state index contributed by atoms with van der Waals surface area (Å²) >= 11 is 0. The van der Waals surface area contributed by atoms with Gasteiger partial charge in [0.1, 0.15) is 5.75 Å². The molecule has 1 aromatic rings. The van der Waals surface area contributed by atoms with Crippen molar-refractivity contribution in [1.82, 2.24) is 4.72 Å². The minimum atomic E-state index is -3.55. The van der Waals surface area contributed by atoms with Crippen LogP contribution in [0.1, 0.15) is 19.8 Å². The number of hydrogen-bond donors (Lipinski definition) is 1. The summed E-state index contributed by atoms with van der Waals surface area (Å²) in [5.74, 6) is 0.424. The van der Waals surface area contributed by atoms with Gasteiger partial charge in [0.05, 0.1) is 23.6 Å². The maximum atomic E-state index is 12.1. The van der Waals surface area contributed by atoms with Crippen molar-refractivity contribution >= 4 is 21.6 Å². The van der Waals surface area contributed by atoms with Gasteiger partial charge in [-0.3, -0.25) is 4.79 Å². The van der Waals surface area contributed by atoms with Crippen molar-refractivity contribution in [3.05, 3.63) is 18.2 Å². The highest BCUT2D eigenvalue weighted by Gasteiger charge is 2.23. The molecule has 1 aliphatic rings. The van der Waals surface area contributed by atoms with E-state index in [4.69, 9.17) is 4.74 Å². The first-order valence-electron chi connectivity index (χ1n) is 6.49. The van der Waals surface area contributed by atoms with Gasteiger partial charge in [-0.2, -0.15) is 0 Å². The van der Waals surface area contributed by atoms with Crippen LogP contribution in [-0.4, -0.2) is 34.5 Å². The Morgan fingerprint density at radius 2 is 2.15 bits per heavy atom. The number of sulfonamides is 1. The molecule has 6 nitrogen and oxygen atoms in total. The van der Waals surface area contributed by atoms with Crippen molar-refractivity contribution < 1.29 is 17.9 Å². The number of anilines is 1. The molecule has 0 bridgehead atoms. The molecular weight excluding hydrogens is 280 g/mol. The Hall–Kier alpha value is -1.60. The molecule has 0 radical (unpaired) electrons. The number of rotatable bonds is 4. The number of ether oxygens (including phenoxy) is 1. The van der Waals surface area contributed by atoms with Gasteiger partial charge in [0.15, 0.2) is 0 Å². The maximum Gasteiger partial charge on any atom is 0.240 e. The SMILES string of the molecule is CCCNS(=O)(=O)c1ccc2c(c1)N(C)C(=O)CCO2. The van der Waals surface area contributed by atoms with Gasteiger partial charge >= 0.3 is 0 Å². The van der Waals surface area contributed by atoms with E-state index < -0.39 is 10.0 Å². The van der Waals surface area contributed by atoms with Crippen molar-refractivity contribution in [3.8, 4) is 5.75 Å². The van der Waals surface area contributed by atoms with Gasteiger partial charge < -0.3 is 9.64 Å². The van der Waals surface area contributed by atoms with E-state index in [2.05, 4.69) is 4.72 Å². The monoisotopic (exact) mass is 298 g/mol. The highest BCUT2D eigenvalue weighted by Crippen LogP contribution is 2.32. The van der Waals surface area contributed by atoms with Gasteiger partial charge in [0.25, 0.3) is 0 Å². The number of carbonyl (C=O) groups is 1. The lowest BCUT2D eigenvalue weighted by Crippen LogP contribution is -2.27. The average Bonchev–Trinajstić information content (AvgIpc) is 2.57. The molecule has 1 N–H and O–H groups in total. The number of fused-ring (bicyclic) bond motifs is 1. The summed E-state index contributed by atoms with van der Waals surface area (Å²) in [7, 11) is -1.94. The second kappa shape index (κ2) is 5.80. The van der Waals surface area contributed by atoms with Crippen LogP contribution in [0.25, 0.3) is 0 Å². The van der Waals surface area contributed by atoms with Crippen molar-refractivity contribution in [3.63, 3.8) is 0 Å². The quantitative estimate of drug-likeness (QED) is 0.904. The minimum absolute atomic E-state index is 0.0974. The third-order valence-corrected chi connectivity index (χ3v) is 4.55. The van der Waals surface area contributed by atoms with Crippen LogP contribution < -0.4 is 14.4 Å². The Morgan fingerprint density at radius 3 is 2.85 bits per heavy atom. The Balaban J connectivity index is 2.40. The molecule has 0 unspecified atom stereocenters. The molecule has 0 saturated heterocycles. The summed E-state index contributed by atoms with van der Waals surface area (Å²) in [5.41, 5.74) is 0.479. The molecule has 1 aliphatic heterocycles. The van der Waals surface area contributed by atoms with E-state index in [-0.39, 0.29) is 17.2 Å². The lowest BCUT2D eigenvalue weighted by molar-refractivity contribution is -0.118. The molecule has 7 heteroatoms. The van der Waals surface area contributed by atoms with Crippen LogP contribution in [0.4, 0.5) is 5.69 Å². The number of benzene rings is 1. The molecule has 0 spiro atoms. The molecule has 0 fully saturated rings. The summed E-state index contributed by atoms with van der Waals surface area (Å²) in [4.78, 5) is 13.4. The Labute approximate surface area is 118 Å². The van der Waals surface area contributed by atoms with Crippen molar-refractivity contribution in [2.24, 2.45) is 0 Å². The van der Waals surface area contributed by atoms with E-state index >= 15 is 0 Å². The zero-order valence-corrected chi connectivity index (χ0v) is 12.4. The molecule has 2 rings (SSSR count). The lowest BCUT2D eigenvalue weighted by Gasteiger charge is -2.17. The summed E-state index contributed by atoms with van der Waals surface area (Å²) < 4.78 is 32.2. The number of carbonyl (C=O) groups excluding carboxylic acids is 1. The predicted molar refractivity (Wildman–Crippen MR) is 75.4 cm³/mol. The predicted octanol–water partition coefficient (Wildman–Crippen LogP) is 1.12. The molecule has 0 aromatic heterocycles. The Morgan fingerprint density at radius 1 is 1.40 bits per heavy atom. The van der Waals surface area contributed by atoms with E-state index in [1.54, 1.807) is 13.1 Å². The van der Waals surface area contributed by atoms with Gasteiger partial charge in [-0.05, 0) is 24.6 Å². The third kappa shape index (κ3) is 2.94. The summed E-state index contributed by atoms with van der Waals surface area (Å²) in [6, 6.07) is 4.54. The molecule has 0 atom stereocenters. The van der Waals surface area contributed by atoms with Gasteiger partial charge in [-0.15, -0.1) is 0 Å². The summed E-state index contributed by atoms with van der Waals surface area (Å²) in [6.45, 7) is 2.57. The number of nitrogens with zero attached hydrogens (tertiary/aromatic N) is 1. The Kier molecular flexibility index (Phi) is 4.29. The third-order valence-electron chi connectivity index (χ3n) is 3.09. The molecule has 110 valence electrons. The van der Waals surface area contributed by atoms with Crippen LogP contribution >= 0.6 is 0 Å². The first-order chi connectivity index (χ1) is 9.45. The van der Waals surface area contributed by atoms with Gasteiger partial charge in [0, 0.05) is 13.6 Å². The number of amides is 1. The fourth-order valence-electron chi connectivity index (χ4n) is 1.92. The lowest BCUT2D eigenvalue weighted by atomic mass is 10.2. The van der Waals surface area contributed by atoms with E-state index in [1.807, 2.05) is 6.92 Å². The molecule has 20 heavy (non-hydrogen) atoms. The van der Waals surface area contributed by atoms with Crippen LogP contribution in [0.15, 0.2) is 23.1 Å². The summed E-state index contributed by atoms with van der Waals surface area (Å²) in [6.07, 6.45) is 0.993. The smallest absolute Gasteiger partial charge is 0.240 e. The highest BCUT2D eigenvalue weighted by molar-refractivity contribution is 7.89. The normalized spacial score (nSPS) is 15.5. The number of hydrogen-bond acceptors (Lipinski definition) is 4. The standard InChI is InChI=1S/C13H18N2O4S/c1-3-7-14-20(17,18)10-4-5-12-11(9-10)15(2)13(16)6-8-19-12/h4-5,9,14H,3,6-8H2,1-2H3. The van der Waals surface area contributed by atoms with E-state index in [9.17, 15) is 13.2 Å². The van der Waals surface area contributed by atoms with Gasteiger partial charge in [0.2, 0.25) is 15.9 Å². The van der Waals surface area contributed by atoms with Crippen LogP contribution in [0.3, 0.4) is 0 Å². The van der Waals surface area contributed by atoms with Crippen LogP contribution in [-0.2, 0) is 14.8 Å². The van der Waals surface area contributed by atoms with E-state index in [0.29, 0.717) is 31.0 Å². The van der Waals surface area contributed by atoms with Crippen molar-refractivity contribution in [2.45, 2.75) is 24.7 Å². The zero-order chi connectivity index (χ0) is 14.8. The zero-order valence-electron chi connectivity index (χ0n) is 11.5. The highest BCUT2D eigenvalue weighted by atomic mass is 32.2. The first-order valence-corrected chi connectivity index (χ1v) is 7.97. The van der Waals surface area contributed by atoms with Crippen molar-refractivity contribution in [2.75, 3.05) is 25.1 Å². The van der Waals surface area contributed by atoms with E-state index in [0.717, 1.165) is 0 Å². The van der Waals surface area contributed by atoms with Crippen LogP contribution in [0.2, 0.25) is 0 Å². The fourth-order valence-corrected chi connectivity index (χ4v) is 3.07. The van der Waals surface area contributed by atoms with Crippen LogP contribution in [0, 0.1) is 0 Å². The molecule has 1 aromatic carbocycles. The molecule has 0 saturated carbocycles. The molecule has 1 amide bonds. The maximum absolute atomic E-state index is 12.1. The van der Waals surface area contributed by atoms with Gasteiger partial charge in [-0.25, -0.2) is 13.1 Å². The van der Waals surface area contributed by atoms with Crippen LogP contribution in [0.5, 0.6) is 5.75 Å². The molecular formula is C13H18N2O4S. The molecule has 0 aliphatic carbocycles. The second-order valence-corrected chi connectivity index (χ2v) is 6.35. The fraction of sp³-hybridized carbons (Fsp3) is 0.462. The molecule has 1 heterocycles. The minimum Gasteiger partial charge on any atom is -0.491 e. The first kappa shape index (κ1) is 14.8. The Bertz CT molecular complexity index is 613. The topological polar surface area (TPSA) is 75.7 Å². The second-order valence-electron chi connectivity index (χ2n) is 4.58. The average molecular weight is 298 g/mol. The van der Waals surface area contributed by atoms with Gasteiger partial charge in [-0.1, -0.05) is 6.92 Å². The largest absolute Gasteiger partial charge is 0.491 e.